The summed E-state index contributed by atoms with van der Waals surface area (Å²) in [7, 11) is 0. The lowest BCUT2D eigenvalue weighted by Gasteiger charge is -2.39. The number of ether oxygens (including phenoxy) is 2. The maximum atomic E-state index is 14.9. The van der Waals surface area contributed by atoms with Crippen molar-refractivity contribution in [1.82, 2.24) is 0 Å². The number of nitrogen functional groups attached to an aromatic ring is 2. The van der Waals surface area contributed by atoms with Gasteiger partial charge in [0.2, 0.25) is 5.41 Å². The molecule has 0 unspecified atom stereocenters. The fraction of sp³-hybridized carbons (Fsp3) is 0.226. The van der Waals surface area contributed by atoms with Gasteiger partial charge in [-0.1, -0.05) is 24.3 Å². The van der Waals surface area contributed by atoms with Crippen LogP contribution in [0.2, 0.25) is 0 Å². The summed E-state index contributed by atoms with van der Waals surface area (Å²) in [6.45, 7) is 5.61. The normalized spacial score (nSPS) is 12.3. The van der Waals surface area contributed by atoms with Gasteiger partial charge in [0.25, 0.3) is 0 Å². The van der Waals surface area contributed by atoms with Crippen LogP contribution in [0.15, 0.2) is 72.8 Å². The number of rotatable bonds is 6. The number of aryl methyl sites for hydroxylation is 4. The first-order chi connectivity index (χ1) is 19.0. The fourth-order valence-corrected chi connectivity index (χ4v) is 4.95. The third-order valence-corrected chi connectivity index (χ3v) is 6.84. The van der Waals surface area contributed by atoms with Crippen LogP contribution in [0.25, 0.3) is 0 Å². The average Bonchev–Trinajstić information content (AvgIpc) is 2.84. The molecule has 0 atom stereocenters. The van der Waals surface area contributed by atoms with Gasteiger partial charge >= 0.3 is 12.4 Å². The Balaban J connectivity index is 1.89. The molecule has 0 saturated carbocycles. The Morgan fingerprint density at radius 3 is 1.00 bits per heavy atom. The van der Waals surface area contributed by atoms with Gasteiger partial charge in [0, 0.05) is 11.4 Å². The maximum absolute atomic E-state index is 14.9. The van der Waals surface area contributed by atoms with Crippen LogP contribution in [0, 0.1) is 27.7 Å². The van der Waals surface area contributed by atoms with Gasteiger partial charge < -0.3 is 20.9 Å². The van der Waals surface area contributed by atoms with Gasteiger partial charge in [-0.3, -0.25) is 0 Å². The number of hydrogen-bond donors (Lipinski definition) is 2. The van der Waals surface area contributed by atoms with E-state index in [-0.39, 0.29) is 33.8 Å². The Labute approximate surface area is 233 Å². The molecule has 216 valence electrons. The molecule has 0 saturated heterocycles. The molecule has 4 aromatic carbocycles. The van der Waals surface area contributed by atoms with Crippen molar-refractivity contribution in [3.63, 3.8) is 0 Å². The summed E-state index contributed by atoms with van der Waals surface area (Å²) in [6, 6.07) is 16.0. The number of halogens is 6. The van der Waals surface area contributed by atoms with Crippen molar-refractivity contribution in [2.45, 2.75) is 45.5 Å². The van der Waals surface area contributed by atoms with Crippen LogP contribution in [0.5, 0.6) is 23.0 Å². The second kappa shape index (κ2) is 10.6. The molecule has 0 aromatic heterocycles. The van der Waals surface area contributed by atoms with Crippen molar-refractivity contribution in [1.29, 1.82) is 0 Å². The SMILES string of the molecule is Cc1cc(C(c2cc(C)c(Oc3ccc(N)cc3)c(C)c2)(C(F)(F)F)C(F)(F)F)cc(C)c1Oc1ccc(N)cc1. The molecule has 0 aliphatic rings. The van der Waals surface area contributed by atoms with Crippen LogP contribution in [0.4, 0.5) is 37.7 Å². The molecule has 4 nitrogen and oxygen atoms in total. The summed E-state index contributed by atoms with van der Waals surface area (Å²) in [5.74, 6) is 0.964. The van der Waals surface area contributed by atoms with E-state index in [0.29, 0.717) is 22.9 Å². The Bertz CT molecular complexity index is 1400. The zero-order valence-electron chi connectivity index (χ0n) is 22.7. The van der Waals surface area contributed by atoms with E-state index in [1.807, 2.05) is 0 Å². The smallest absolute Gasteiger partial charge is 0.411 e. The van der Waals surface area contributed by atoms with Crippen molar-refractivity contribution < 1.29 is 35.8 Å². The molecule has 0 spiro atoms. The molecule has 0 aliphatic heterocycles. The first kappa shape index (κ1) is 29.6. The molecule has 4 rings (SSSR count). The van der Waals surface area contributed by atoms with E-state index in [4.69, 9.17) is 20.9 Å². The number of hydrogen-bond acceptors (Lipinski definition) is 4. The molecule has 4 aromatic rings. The summed E-state index contributed by atoms with van der Waals surface area (Å²) < 4.78 is 101. The lowest BCUT2D eigenvalue weighted by molar-refractivity contribution is -0.288. The molecule has 0 heterocycles. The second-order valence-electron chi connectivity index (χ2n) is 9.97. The highest BCUT2D eigenvalue weighted by molar-refractivity contribution is 5.56. The van der Waals surface area contributed by atoms with Gasteiger partial charge in [0.1, 0.15) is 23.0 Å². The molecular formula is C31H28F6N2O2. The minimum atomic E-state index is -5.75. The Morgan fingerprint density at radius 2 is 0.756 bits per heavy atom. The third kappa shape index (κ3) is 5.51. The summed E-state index contributed by atoms with van der Waals surface area (Å²) in [4.78, 5) is 0. The van der Waals surface area contributed by atoms with Crippen LogP contribution in [-0.4, -0.2) is 12.4 Å². The van der Waals surface area contributed by atoms with Gasteiger partial charge in [-0.05, 0) is 110 Å². The van der Waals surface area contributed by atoms with Gasteiger partial charge in [0.05, 0.1) is 0 Å². The van der Waals surface area contributed by atoms with E-state index in [9.17, 15) is 26.3 Å². The predicted octanol–water partition coefficient (Wildman–Crippen LogP) is 9.08. The lowest BCUT2D eigenvalue weighted by Crippen LogP contribution is -2.55. The molecule has 10 heteroatoms. The molecule has 0 amide bonds. The third-order valence-electron chi connectivity index (χ3n) is 6.84. The van der Waals surface area contributed by atoms with Crippen molar-refractivity contribution in [3.8, 4) is 23.0 Å². The van der Waals surface area contributed by atoms with Crippen LogP contribution in [0.3, 0.4) is 0 Å². The lowest BCUT2D eigenvalue weighted by atomic mass is 9.71. The van der Waals surface area contributed by atoms with Gasteiger partial charge in [-0.15, -0.1) is 0 Å². The first-order valence-electron chi connectivity index (χ1n) is 12.5. The van der Waals surface area contributed by atoms with Crippen LogP contribution >= 0.6 is 0 Å². The highest BCUT2D eigenvalue weighted by Gasteiger charge is 2.72. The topological polar surface area (TPSA) is 70.5 Å². The number of nitrogens with two attached hydrogens (primary N) is 2. The Kier molecular flexibility index (Phi) is 7.64. The summed E-state index contributed by atoms with van der Waals surface area (Å²) in [5, 5.41) is 0. The van der Waals surface area contributed by atoms with Crippen molar-refractivity contribution in [3.05, 3.63) is 106 Å². The Hall–Kier alpha value is -4.34. The fourth-order valence-electron chi connectivity index (χ4n) is 4.95. The minimum Gasteiger partial charge on any atom is -0.457 e. The Morgan fingerprint density at radius 1 is 0.488 bits per heavy atom. The summed E-state index contributed by atoms with van der Waals surface area (Å²) in [6.07, 6.45) is -11.5. The minimum absolute atomic E-state index is 0.103. The number of benzene rings is 4. The molecule has 0 radical (unpaired) electrons. The van der Waals surface area contributed by atoms with Crippen LogP contribution in [0.1, 0.15) is 33.4 Å². The maximum Gasteiger partial charge on any atom is 0.411 e. The zero-order chi connectivity index (χ0) is 30.3. The van der Waals surface area contributed by atoms with E-state index in [2.05, 4.69) is 0 Å². The highest BCUT2D eigenvalue weighted by Crippen LogP contribution is 2.57. The highest BCUT2D eigenvalue weighted by atomic mass is 19.4. The van der Waals surface area contributed by atoms with E-state index < -0.39 is 28.9 Å². The molecule has 0 fully saturated rings. The average molecular weight is 575 g/mol. The molecule has 0 bridgehead atoms. The van der Waals surface area contributed by atoms with Crippen LogP contribution < -0.4 is 20.9 Å². The molecule has 41 heavy (non-hydrogen) atoms. The monoisotopic (exact) mass is 574 g/mol. The predicted molar refractivity (Wildman–Crippen MR) is 147 cm³/mol. The number of anilines is 2. The number of alkyl halides is 6. The van der Waals surface area contributed by atoms with E-state index in [1.54, 1.807) is 48.5 Å². The summed E-state index contributed by atoms with van der Waals surface area (Å²) in [5.41, 5.74) is 6.44. The van der Waals surface area contributed by atoms with Crippen LogP contribution in [-0.2, 0) is 5.41 Å². The molecular weight excluding hydrogens is 546 g/mol. The van der Waals surface area contributed by atoms with E-state index >= 15 is 0 Å². The first-order valence-corrected chi connectivity index (χ1v) is 12.5. The van der Waals surface area contributed by atoms with Gasteiger partial charge in [-0.2, -0.15) is 26.3 Å². The zero-order valence-corrected chi connectivity index (χ0v) is 22.7. The van der Waals surface area contributed by atoms with E-state index in [1.165, 1.54) is 27.7 Å². The molecule has 0 aliphatic carbocycles. The second-order valence-corrected chi connectivity index (χ2v) is 9.97. The van der Waals surface area contributed by atoms with Crippen molar-refractivity contribution in [2.75, 3.05) is 11.5 Å². The standard InChI is InChI=1S/C31H28F6N2O2/c1-17-13-21(14-18(2)27(17)40-25-9-5-23(38)6-10-25)29(30(32,33)34,31(35,36)37)22-15-19(3)28(20(4)16-22)41-26-11-7-24(39)8-12-26/h5-16H,38-39H2,1-4H3. The largest absolute Gasteiger partial charge is 0.457 e. The van der Waals surface area contributed by atoms with Crippen molar-refractivity contribution >= 4 is 11.4 Å². The summed E-state index contributed by atoms with van der Waals surface area (Å²) >= 11 is 0. The van der Waals surface area contributed by atoms with Gasteiger partial charge in [-0.25, -0.2) is 0 Å². The van der Waals surface area contributed by atoms with Crippen molar-refractivity contribution in [2.24, 2.45) is 0 Å². The quantitative estimate of drug-likeness (QED) is 0.178. The van der Waals surface area contributed by atoms with E-state index in [0.717, 1.165) is 24.3 Å². The van der Waals surface area contributed by atoms with Gasteiger partial charge in [0.15, 0.2) is 0 Å². The molecule has 4 N–H and O–H groups in total.